The molecule has 15 heavy (non-hydrogen) atoms. The van der Waals surface area contributed by atoms with Crippen LogP contribution in [-0.4, -0.2) is 11.9 Å². The largest absolute Gasteiger partial charge is 0.284 e. The van der Waals surface area contributed by atoms with Gasteiger partial charge in [0, 0.05) is 6.54 Å². The van der Waals surface area contributed by atoms with Crippen molar-refractivity contribution in [2.45, 2.75) is 37.1 Å². The zero-order valence-electron chi connectivity index (χ0n) is 9.16. The molecule has 0 spiro atoms. The number of hydrogen-bond acceptors (Lipinski definition) is 2. The highest BCUT2D eigenvalue weighted by Gasteiger charge is 2.42. The van der Waals surface area contributed by atoms with Crippen LogP contribution < -0.4 is 0 Å². The van der Waals surface area contributed by atoms with Crippen molar-refractivity contribution < 1.29 is 0 Å². The van der Waals surface area contributed by atoms with Crippen LogP contribution >= 0.6 is 12.6 Å². The topological polar surface area (TPSA) is 3.24 Å². The number of thiol groups is 1. The van der Waals surface area contributed by atoms with E-state index in [1.807, 2.05) is 0 Å². The Bertz CT molecular complexity index is 402. The molecule has 0 N–H and O–H groups in total. The van der Waals surface area contributed by atoms with Crippen LogP contribution in [0.15, 0.2) is 18.2 Å². The summed E-state index contributed by atoms with van der Waals surface area (Å²) in [6.45, 7) is 1.06. The van der Waals surface area contributed by atoms with Crippen molar-refractivity contribution in [3.63, 3.8) is 0 Å². The van der Waals surface area contributed by atoms with Gasteiger partial charge in [-0.25, -0.2) is 0 Å². The summed E-state index contributed by atoms with van der Waals surface area (Å²) in [6.07, 6.45) is 5.03. The van der Waals surface area contributed by atoms with E-state index in [0.717, 1.165) is 6.54 Å². The molecule has 0 saturated carbocycles. The number of nitrogens with zero attached hydrogens (tertiary/aromatic N) is 1. The second-order valence-electron chi connectivity index (χ2n) is 4.83. The van der Waals surface area contributed by atoms with Crippen molar-refractivity contribution in [2.75, 3.05) is 7.05 Å². The van der Waals surface area contributed by atoms with E-state index in [9.17, 15) is 0 Å². The Morgan fingerprint density at radius 2 is 2.07 bits per heavy atom. The fraction of sp³-hybridized carbons (Fsp3) is 0.538. The molecular weight excluding hydrogens is 202 g/mol. The lowest BCUT2D eigenvalue weighted by Crippen LogP contribution is -2.32. The third-order valence-corrected chi connectivity index (χ3v) is 4.69. The van der Waals surface area contributed by atoms with Crippen molar-refractivity contribution in [1.82, 2.24) is 4.90 Å². The Morgan fingerprint density at radius 3 is 2.93 bits per heavy atom. The molecule has 2 heteroatoms. The van der Waals surface area contributed by atoms with Gasteiger partial charge in [0.1, 0.15) is 0 Å². The van der Waals surface area contributed by atoms with Gasteiger partial charge in [0.2, 0.25) is 0 Å². The molecule has 3 rings (SSSR count). The van der Waals surface area contributed by atoms with Crippen LogP contribution in [0.4, 0.5) is 0 Å². The maximum absolute atomic E-state index is 4.97. The lowest BCUT2D eigenvalue weighted by atomic mass is 9.97. The van der Waals surface area contributed by atoms with Gasteiger partial charge < -0.3 is 0 Å². The molecule has 1 aliphatic heterocycles. The predicted octanol–water partition coefficient (Wildman–Crippen LogP) is 2.94. The molecule has 0 amide bonds. The van der Waals surface area contributed by atoms with Gasteiger partial charge in [0.05, 0.1) is 4.87 Å². The summed E-state index contributed by atoms with van der Waals surface area (Å²) in [7, 11) is 2.20. The zero-order valence-corrected chi connectivity index (χ0v) is 10.1. The van der Waals surface area contributed by atoms with Crippen LogP contribution in [0.2, 0.25) is 0 Å². The van der Waals surface area contributed by atoms with Crippen molar-refractivity contribution in [3.05, 3.63) is 34.9 Å². The standard InChI is InChI=1S/C13H17NS/c1-14-9-11-7-4-6-10-5-2-3-8-13(14,15)12(10)11/h4,6-7,15H,2-3,5,8-9H2,1H3. The molecule has 1 unspecified atom stereocenters. The van der Waals surface area contributed by atoms with Gasteiger partial charge in [0.25, 0.3) is 0 Å². The quantitative estimate of drug-likeness (QED) is 0.657. The van der Waals surface area contributed by atoms with Crippen LogP contribution in [0.25, 0.3) is 0 Å². The predicted molar refractivity (Wildman–Crippen MR) is 66.1 cm³/mol. The van der Waals surface area contributed by atoms with E-state index in [1.165, 1.54) is 42.4 Å². The minimum atomic E-state index is 0.0163. The normalized spacial score (nSPS) is 30.0. The van der Waals surface area contributed by atoms with Gasteiger partial charge in [0.15, 0.2) is 0 Å². The summed E-state index contributed by atoms with van der Waals surface area (Å²) in [5.74, 6) is 0. The first-order valence-electron chi connectivity index (χ1n) is 5.77. The van der Waals surface area contributed by atoms with E-state index in [2.05, 4.69) is 30.1 Å². The molecule has 0 saturated heterocycles. The maximum Gasteiger partial charge on any atom is 0.0903 e. The minimum absolute atomic E-state index is 0.0163. The van der Waals surface area contributed by atoms with Crippen molar-refractivity contribution in [1.29, 1.82) is 0 Å². The Kier molecular flexibility index (Phi) is 2.12. The Morgan fingerprint density at radius 1 is 1.27 bits per heavy atom. The van der Waals surface area contributed by atoms with Crippen LogP contribution in [0, 0.1) is 0 Å². The molecular formula is C13H17NS. The van der Waals surface area contributed by atoms with Crippen LogP contribution in [0.3, 0.4) is 0 Å². The van der Waals surface area contributed by atoms with Crippen molar-refractivity contribution in [2.24, 2.45) is 0 Å². The third-order valence-electron chi connectivity index (χ3n) is 3.90. The van der Waals surface area contributed by atoms with E-state index in [4.69, 9.17) is 12.6 Å². The summed E-state index contributed by atoms with van der Waals surface area (Å²) in [5.41, 5.74) is 4.55. The van der Waals surface area contributed by atoms with Crippen LogP contribution in [-0.2, 0) is 17.8 Å². The molecule has 1 nitrogen and oxygen atoms in total. The highest BCUT2D eigenvalue weighted by Crippen LogP contribution is 2.48. The molecule has 1 heterocycles. The molecule has 0 radical (unpaired) electrons. The van der Waals surface area contributed by atoms with Crippen molar-refractivity contribution >= 4 is 12.6 Å². The molecule has 0 bridgehead atoms. The summed E-state index contributed by atoms with van der Waals surface area (Å²) in [6, 6.07) is 6.75. The van der Waals surface area contributed by atoms with E-state index in [1.54, 1.807) is 0 Å². The smallest absolute Gasteiger partial charge is 0.0903 e. The van der Waals surface area contributed by atoms with Crippen LogP contribution in [0.1, 0.15) is 36.0 Å². The number of hydrogen-bond donors (Lipinski definition) is 1. The number of benzene rings is 1. The van der Waals surface area contributed by atoms with Crippen LogP contribution in [0.5, 0.6) is 0 Å². The fourth-order valence-electron chi connectivity index (χ4n) is 3.09. The second kappa shape index (κ2) is 3.26. The molecule has 1 aromatic rings. The monoisotopic (exact) mass is 219 g/mol. The van der Waals surface area contributed by atoms with Crippen molar-refractivity contribution in [3.8, 4) is 0 Å². The van der Waals surface area contributed by atoms with E-state index in [-0.39, 0.29) is 4.87 Å². The van der Waals surface area contributed by atoms with E-state index >= 15 is 0 Å². The highest BCUT2D eigenvalue weighted by molar-refractivity contribution is 7.81. The summed E-state index contributed by atoms with van der Waals surface area (Å²) < 4.78 is 0. The molecule has 0 fully saturated rings. The van der Waals surface area contributed by atoms with E-state index < -0.39 is 0 Å². The summed E-state index contributed by atoms with van der Waals surface area (Å²) in [5, 5.41) is 0. The Balaban J connectivity index is 2.24. The summed E-state index contributed by atoms with van der Waals surface area (Å²) in [4.78, 5) is 2.41. The minimum Gasteiger partial charge on any atom is -0.284 e. The SMILES string of the molecule is CN1Cc2cccc3c2C1(S)CCCC3. The average Bonchev–Trinajstić information content (AvgIpc) is 2.39. The second-order valence-corrected chi connectivity index (χ2v) is 5.57. The van der Waals surface area contributed by atoms with Gasteiger partial charge >= 0.3 is 0 Å². The van der Waals surface area contributed by atoms with Gasteiger partial charge in [-0.1, -0.05) is 24.6 Å². The average molecular weight is 219 g/mol. The van der Waals surface area contributed by atoms with Gasteiger partial charge in [-0.3, -0.25) is 4.90 Å². The third kappa shape index (κ3) is 1.28. The Hall–Kier alpha value is -0.470. The maximum atomic E-state index is 4.97. The summed E-state index contributed by atoms with van der Waals surface area (Å²) >= 11 is 4.97. The molecule has 2 aliphatic rings. The molecule has 1 aliphatic carbocycles. The number of rotatable bonds is 0. The highest BCUT2D eigenvalue weighted by atomic mass is 32.1. The molecule has 1 aromatic carbocycles. The molecule has 0 aromatic heterocycles. The first-order chi connectivity index (χ1) is 7.22. The zero-order chi connectivity index (χ0) is 10.5. The van der Waals surface area contributed by atoms with Gasteiger partial charge in [-0.2, -0.15) is 12.6 Å². The van der Waals surface area contributed by atoms with Gasteiger partial charge in [-0.05, 0) is 43.0 Å². The van der Waals surface area contributed by atoms with E-state index in [0.29, 0.717) is 0 Å². The fourth-order valence-corrected chi connectivity index (χ4v) is 3.60. The molecule has 1 atom stereocenters. The number of aryl methyl sites for hydroxylation is 1. The Labute approximate surface area is 96.9 Å². The first-order valence-corrected chi connectivity index (χ1v) is 6.21. The molecule has 80 valence electrons. The lowest BCUT2D eigenvalue weighted by Gasteiger charge is -2.32. The van der Waals surface area contributed by atoms with Gasteiger partial charge in [-0.15, -0.1) is 0 Å². The lowest BCUT2D eigenvalue weighted by molar-refractivity contribution is 0.221. The first kappa shape index (κ1) is 9.73.